The molecule has 0 aliphatic rings. The number of aryl methyl sites for hydroxylation is 1. The summed E-state index contributed by atoms with van der Waals surface area (Å²) in [5.74, 6) is 0. The van der Waals surface area contributed by atoms with Crippen LogP contribution in [-0.2, 0) is 0 Å². The van der Waals surface area contributed by atoms with E-state index in [-0.39, 0.29) is 0 Å². The van der Waals surface area contributed by atoms with Gasteiger partial charge < -0.3 is 4.48 Å². The molecular formula is C15H31BNSi+. The molecule has 102 valence electrons. The molecule has 0 aromatic heterocycles. The summed E-state index contributed by atoms with van der Waals surface area (Å²) in [6.07, 6.45) is 0. The second-order valence-electron chi connectivity index (χ2n) is 7.78. The predicted octanol–water partition coefficient (Wildman–Crippen LogP) is 2.52. The van der Waals surface area contributed by atoms with Crippen molar-refractivity contribution in [3.63, 3.8) is 0 Å². The van der Waals surface area contributed by atoms with Crippen molar-refractivity contribution in [1.29, 1.82) is 0 Å². The van der Waals surface area contributed by atoms with Gasteiger partial charge in [-0.25, -0.2) is 0 Å². The summed E-state index contributed by atoms with van der Waals surface area (Å²) in [4.78, 5) is 0. The number of hydrogen-bond acceptors (Lipinski definition) is 0. The molecule has 0 spiro atoms. The topological polar surface area (TPSA) is 0 Å². The molecule has 0 radical (unpaired) electrons. The van der Waals surface area contributed by atoms with Gasteiger partial charge >= 0.3 is 0 Å². The van der Waals surface area contributed by atoms with Crippen molar-refractivity contribution in [2.75, 3.05) is 28.2 Å². The fraction of sp³-hybridized carbons (Fsp3) is 0.600. The molecule has 0 saturated carbocycles. The molecule has 0 aliphatic heterocycles. The standard InChI is InChI=1S/C11H19BSi.C4H12N/c1-9-7-6-8-11(10(9)2)12-13(3,4)5;1-5(2,3)4/h6-8,12H,1-5H3;1-4H3/q;+1. The highest BCUT2D eigenvalue weighted by atomic mass is 28.3. The van der Waals surface area contributed by atoms with E-state index in [1.807, 2.05) is 0 Å². The molecule has 3 heteroatoms. The second-order valence-corrected chi connectivity index (χ2v) is 13.3. The zero-order valence-corrected chi connectivity index (χ0v) is 14.9. The lowest BCUT2D eigenvalue weighted by molar-refractivity contribution is -0.849. The lowest BCUT2D eigenvalue weighted by atomic mass is 9.87. The van der Waals surface area contributed by atoms with Crippen LogP contribution in [0.1, 0.15) is 11.1 Å². The van der Waals surface area contributed by atoms with Crippen molar-refractivity contribution < 1.29 is 4.48 Å². The van der Waals surface area contributed by atoms with Crippen LogP contribution in [0.2, 0.25) is 19.6 Å². The number of nitrogens with zero attached hydrogens (tertiary/aromatic N) is 1. The highest BCUT2D eigenvalue weighted by molar-refractivity contribution is 7.27. The number of quaternary nitrogens is 1. The van der Waals surface area contributed by atoms with Gasteiger partial charge in [0, 0.05) is 7.94 Å². The van der Waals surface area contributed by atoms with Crippen LogP contribution >= 0.6 is 0 Å². The van der Waals surface area contributed by atoms with E-state index >= 15 is 0 Å². The molecule has 0 aliphatic carbocycles. The molecule has 0 heterocycles. The maximum Gasteiger partial charge on any atom is 0.152 e. The molecule has 1 aromatic carbocycles. The van der Waals surface area contributed by atoms with Crippen LogP contribution in [0.15, 0.2) is 18.2 Å². The predicted molar refractivity (Wildman–Crippen MR) is 90.0 cm³/mol. The molecule has 1 nitrogen and oxygen atoms in total. The molecule has 1 aromatic rings. The van der Waals surface area contributed by atoms with Gasteiger partial charge in [0.2, 0.25) is 0 Å². The fourth-order valence-electron chi connectivity index (χ4n) is 1.57. The van der Waals surface area contributed by atoms with Crippen molar-refractivity contribution in [3.8, 4) is 0 Å². The van der Waals surface area contributed by atoms with Crippen LogP contribution in [0.3, 0.4) is 0 Å². The molecule has 18 heavy (non-hydrogen) atoms. The van der Waals surface area contributed by atoms with Gasteiger partial charge in [-0.2, -0.15) is 0 Å². The summed E-state index contributed by atoms with van der Waals surface area (Å²) in [6, 6.07) is 6.65. The fourth-order valence-corrected chi connectivity index (χ4v) is 3.10. The minimum Gasteiger partial charge on any atom is -0.333 e. The van der Waals surface area contributed by atoms with E-state index in [1.165, 1.54) is 18.0 Å². The van der Waals surface area contributed by atoms with Gasteiger partial charge in [0.05, 0.1) is 28.2 Å². The van der Waals surface area contributed by atoms with Gasteiger partial charge in [-0.1, -0.05) is 48.9 Å². The van der Waals surface area contributed by atoms with Crippen LogP contribution in [0, 0.1) is 13.8 Å². The summed E-state index contributed by atoms with van der Waals surface area (Å²) in [7, 11) is 7.55. The van der Waals surface area contributed by atoms with E-state index < -0.39 is 7.94 Å². The summed E-state index contributed by atoms with van der Waals surface area (Å²) in [6.45, 7) is 13.0. The Morgan fingerprint density at radius 1 is 0.944 bits per heavy atom. The quantitative estimate of drug-likeness (QED) is 0.569. The average Bonchev–Trinajstić information content (AvgIpc) is 2.08. The third-order valence-corrected chi connectivity index (χ3v) is 3.88. The highest BCUT2D eigenvalue weighted by Gasteiger charge is 2.17. The van der Waals surface area contributed by atoms with Crippen molar-refractivity contribution in [2.45, 2.75) is 33.5 Å². The van der Waals surface area contributed by atoms with Crippen molar-refractivity contribution >= 4 is 20.3 Å². The number of hydrogen-bond donors (Lipinski definition) is 0. The molecule has 0 unspecified atom stereocenters. The van der Waals surface area contributed by atoms with Crippen LogP contribution in [-0.4, -0.2) is 47.5 Å². The van der Waals surface area contributed by atoms with Gasteiger partial charge in [0.1, 0.15) is 0 Å². The Labute approximate surface area is 116 Å². The number of benzene rings is 1. The molecule has 0 amide bonds. The van der Waals surface area contributed by atoms with Crippen molar-refractivity contribution in [3.05, 3.63) is 29.3 Å². The first-order valence-corrected chi connectivity index (χ1v) is 10.4. The molecule has 0 saturated heterocycles. The van der Waals surface area contributed by atoms with E-state index in [2.05, 4.69) is 79.9 Å². The number of rotatable bonds is 2. The second kappa shape index (κ2) is 6.58. The minimum atomic E-state index is -0.952. The van der Waals surface area contributed by atoms with Gasteiger partial charge in [-0.05, 0) is 19.4 Å². The van der Waals surface area contributed by atoms with Gasteiger partial charge in [-0.15, -0.1) is 0 Å². The molecule has 0 bridgehead atoms. The summed E-state index contributed by atoms with van der Waals surface area (Å²) < 4.78 is 1.00. The third-order valence-electron chi connectivity index (χ3n) is 2.44. The summed E-state index contributed by atoms with van der Waals surface area (Å²) in [5.41, 5.74) is 4.47. The Morgan fingerprint density at radius 3 is 1.78 bits per heavy atom. The minimum absolute atomic E-state index is 0.952. The zero-order valence-electron chi connectivity index (χ0n) is 13.9. The Kier molecular flexibility index (Phi) is 6.38. The maximum atomic E-state index is 2.43. The lowest BCUT2D eigenvalue weighted by Gasteiger charge is -2.16. The van der Waals surface area contributed by atoms with Gasteiger partial charge in [-0.3, -0.25) is 0 Å². The first kappa shape index (κ1) is 17.5. The van der Waals surface area contributed by atoms with E-state index in [0.717, 1.165) is 4.48 Å². The largest absolute Gasteiger partial charge is 0.333 e. The van der Waals surface area contributed by atoms with Crippen LogP contribution < -0.4 is 5.46 Å². The van der Waals surface area contributed by atoms with E-state index in [1.54, 1.807) is 5.46 Å². The Morgan fingerprint density at radius 2 is 1.39 bits per heavy atom. The van der Waals surface area contributed by atoms with Crippen LogP contribution in [0.25, 0.3) is 0 Å². The first-order chi connectivity index (χ1) is 7.90. The summed E-state index contributed by atoms with van der Waals surface area (Å²) >= 11 is 0. The van der Waals surface area contributed by atoms with E-state index in [4.69, 9.17) is 0 Å². The Bertz CT molecular complexity index is 369. The van der Waals surface area contributed by atoms with Gasteiger partial charge in [0.25, 0.3) is 0 Å². The average molecular weight is 264 g/mol. The zero-order chi connectivity index (χ0) is 14.6. The highest BCUT2D eigenvalue weighted by Crippen LogP contribution is 2.05. The molecular weight excluding hydrogens is 233 g/mol. The normalized spacial score (nSPS) is 11.6. The molecule has 0 N–H and O–H groups in total. The van der Waals surface area contributed by atoms with E-state index in [9.17, 15) is 0 Å². The van der Waals surface area contributed by atoms with Gasteiger partial charge in [0.15, 0.2) is 6.87 Å². The van der Waals surface area contributed by atoms with Crippen LogP contribution in [0.4, 0.5) is 0 Å². The molecule has 0 fully saturated rings. The van der Waals surface area contributed by atoms with Crippen molar-refractivity contribution in [2.24, 2.45) is 0 Å². The Hall–Kier alpha value is -0.538. The third kappa shape index (κ3) is 9.49. The SMILES string of the molecule is C[N+](C)(C)C.Cc1cccc(B[Si](C)(C)C)c1C. The summed E-state index contributed by atoms with van der Waals surface area (Å²) in [5, 5.41) is 0. The van der Waals surface area contributed by atoms with Crippen molar-refractivity contribution in [1.82, 2.24) is 0 Å². The molecule has 1 rings (SSSR count). The smallest absolute Gasteiger partial charge is 0.152 e. The molecule has 0 atom stereocenters. The maximum absolute atomic E-state index is 2.43. The van der Waals surface area contributed by atoms with E-state index in [0.29, 0.717) is 0 Å². The van der Waals surface area contributed by atoms with Crippen LogP contribution in [0.5, 0.6) is 0 Å². The Balaban J connectivity index is 0.000000494. The monoisotopic (exact) mass is 264 g/mol. The first-order valence-electron chi connectivity index (χ1n) is 6.74. The lowest BCUT2D eigenvalue weighted by Crippen LogP contribution is -2.39.